The van der Waals surface area contributed by atoms with Gasteiger partial charge >= 0.3 is 0 Å². The zero-order chi connectivity index (χ0) is 16.2. The highest BCUT2D eigenvalue weighted by Crippen LogP contribution is 2.25. The number of carbonyl (C=O) groups excluding carboxylic acids is 1. The lowest BCUT2D eigenvalue weighted by molar-refractivity contribution is -0.133. The van der Waals surface area contributed by atoms with Gasteiger partial charge in [-0.05, 0) is 6.42 Å². The van der Waals surface area contributed by atoms with Crippen LogP contribution in [0.15, 0.2) is 6.33 Å². The Hall–Kier alpha value is -1.38. The van der Waals surface area contributed by atoms with Gasteiger partial charge in [0.15, 0.2) is 0 Å². The second kappa shape index (κ2) is 7.46. The van der Waals surface area contributed by atoms with Crippen molar-refractivity contribution in [2.45, 2.75) is 18.9 Å². The third-order valence-corrected chi connectivity index (χ3v) is 5.34. The van der Waals surface area contributed by atoms with E-state index in [0.717, 1.165) is 48.1 Å². The summed E-state index contributed by atoms with van der Waals surface area (Å²) in [5.74, 6) is 3.07. The van der Waals surface area contributed by atoms with Crippen LogP contribution in [0, 0.1) is 0 Å². The Kier molecular flexibility index (Phi) is 5.34. The number of aliphatic hydroxyl groups excluding tert-OH is 1. The Morgan fingerprint density at radius 1 is 1.26 bits per heavy atom. The van der Waals surface area contributed by atoms with Gasteiger partial charge in [0.1, 0.15) is 18.2 Å². The molecule has 8 heteroatoms. The molecule has 0 aromatic carbocycles. The van der Waals surface area contributed by atoms with Gasteiger partial charge in [-0.15, -0.1) is 0 Å². The van der Waals surface area contributed by atoms with Crippen LogP contribution in [-0.2, 0) is 17.6 Å². The molecule has 0 radical (unpaired) electrons. The van der Waals surface area contributed by atoms with E-state index in [1.165, 1.54) is 0 Å². The topological polar surface area (TPSA) is 95.6 Å². The Bertz CT molecular complexity index is 565. The number of aromatic nitrogens is 2. The molecule has 126 valence electrons. The van der Waals surface area contributed by atoms with E-state index in [1.54, 1.807) is 11.2 Å². The van der Waals surface area contributed by atoms with Crippen molar-refractivity contribution in [2.24, 2.45) is 5.73 Å². The third-order valence-electron chi connectivity index (χ3n) is 4.40. The van der Waals surface area contributed by atoms with Crippen molar-refractivity contribution in [3.63, 3.8) is 0 Å². The summed E-state index contributed by atoms with van der Waals surface area (Å²) in [6.07, 6.45) is 3.07. The molecule has 1 amide bonds. The van der Waals surface area contributed by atoms with E-state index in [4.69, 9.17) is 10.8 Å². The maximum atomic E-state index is 12.2. The van der Waals surface area contributed by atoms with Crippen LogP contribution in [0.1, 0.15) is 11.3 Å². The second-order valence-electron chi connectivity index (χ2n) is 5.84. The zero-order valence-corrected chi connectivity index (χ0v) is 14.0. The van der Waals surface area contributed by atoms with Crippen LogP contribution in [0.3, 0.4) is 0 Å². The van der Waals surface area contributed by atoms with Gasteiger partial charge in [-0.2, -0.15) is 11.8 Å². The maximum absolute atomic E-state index is 12.2. The lowest BCUT2D eigenvalue weighted by Crippen LogP contribution is -2.46. The lowest BCUT2D eigenvalue weighted by atomic mass is 10.1. The molecule has 0 aliphatic carbocycles. The number of aliphatic hydroxyl groups is 1. The fraction of sp³-hybridized carbons (Fsp3) is 0.667. The van der Waals surface area contributed by atoms with Crippen LogP contribution < -0.4 is 10.6 Å². The summed E-state index contributed by atoms with van der Waals surface area (Å²) in [7, 11) is 0. The first-order valence-electron chi connectivity index (χ1n) is 8.01. The van der Waals surface area contributed by atoms with Crippen LogP contribution in [-0.4, -0.2) is 76.2 Å². The van der Waals surface area contributed by atoms with Crippen molar-refractivity contribution >= 4 is 23.5 Å². The highest BCUT2D eigenvalue weighted by Gasteiger charge is 2.26. The first-order chi connectivity index (χ1) is 11.2. The van der Waals surface area contributed by atoms with Gasteiger partial charge in [0, 0.05) is 49.7 Å². The van der Waals surface area contributed by atoms with Crippen molar-refractivity contribution in [2.75, 3.05) is 49.2 Å². The number of anilines is 1. The van der Waals surface area contributed by atoms with E-state index < -0.39 is 6.04 Å². The van der Waals surface area contributed by atoms with E-state index in [9.17, 15) is 4.79 Å². The predicted octanol–water partition coefficient (Wildman–Crippen LogP) is -0.723. The number of rotatable bonds is 3. The molecular weight excluding hydrogens is 314 g/mol. The molecule has 1 aromatic rings. The van der Waals surface area contributed by atoms with Gasteiger partial charge in [-0.25, -0.2) is 9.97 Å². The number of nitrogens with zero attached hydrogens (tertiary/aromatic N) is 4. The molecular formula is C15H23N5O2S. The molecule has 0 bridgehead atoms. The normalized spacial score (nSPS) is 19.9. The summed E-state index contributed by atoms with van der Waals surface area (Å²) in [4.78, 5) is 25.2. The van der Waals surface area contributed by atoms with E-state index in [1.807, 2.05) is 11.8 Å². The number of thioether (sulfide) groups is 1. The lowest BCUT2D eigenvalue weighted by Gasteiger charge is -2.29. The smallest absolute Gasteiger partial charge is 0.241 e. The molecule has 1 aromatic heterocycles. The van der Waals surface area contributed by atoms with E-state index in [-0.39, 0.29) is 12.5 Å². The fourth-order valence-corrected chi connectivity index (χ4v) is 3.99. The summed E-state index contributed by atoms with van der Waals surface area (Å²) in [6.45, 7) is 2.88. The average Bonchev–Trinajstić information content (AvgIpc) is 2.83. The minimum atomic E-state index is -0.833. The fourth-order valence-electron chi connectivity index (χ4n) is 3.09. The Morgan fingerprint density at radius 3 is 2.74 bits per heavy atom. The molecule has 2 aliphatic rings. The van der Waals surface area contributed by atoms with E-state index in [2.05, 4.69) is 14.9 Å². The maximum Gasteiger partial charge on any atom is 0.241 e. The second-order valence-corrected chi connectivity index (χ2v) is 7.06. The SMILES string of the molecule is NC(CO)C(=O)N1CCc2ncnc(N3CCSCC3)c2CC1. The Morgan fingerprint density at radius 2 is 2.00 bits per heavy atom. The van der Waals surface area contributed by atoms with E-state index >= 15 is 0 Å². The molecule has 1 saturated heterocycles. The molecule has 0 saturated carbocycles. The van der Waals surface area contributed by atoms with Crippen LogP contribution in [0.2, 0.25) is 0 Å². The largest absolute Gasteiger partial charge is 0.394 e. The standard InChI is InChI=1S/C15H23N5O2S/c16-12(9-21)15(22)20-3-1-11-13(2-4-20)17-10-18-14(11)19-5-7-23-8-6-19/h10,12,21H,1-9,16H2. The van der Waals surface area contributed by atoms with Crippen LogP contribution in [0.4, 0.5) is 5.82 Å². The molecule has 1 unspecified atom stereocenters. The first kappa shape index (κ1) is 16.5. The van der Waals surface area contributed by atoms with Crippen LogP contribution >= 0.6 is 11.8 Å². The third kappa shape index (κ3) is 3.59. The van der Waals surface area contributed by atoms with Crippen molar-refractivity contribution in [1.29, 1.82) is 0 Å². The van der Waals surface area contributed by atoms with Gasteiger partial charge in [0.05, 0.1) is 12.3 Å². The van der Waals surface area contributed by atoms with Crippen molar-refractivity contribution < 1.29 is 9.90 Å². The van der Waals surface area contributed by atoms with Gasteiger partial charge in [0.2, 0.25) is 5.91 Å². The highest BCUT2D eigenvalue weighted by atomic mass is 32.2. The molecule has 1 atom stereocenters. The van der Waals surface area contributed by atoms with Gasteiger partial charge in [0.25, 0.3) is 0 Å². The molecule has 1 fully saturated rings. The zero-order valence-electron chi connectivity index (χ0n) is 13.1. The Balaban J connectivity index is 1.78. The van der Waals surface area contributed by atoms with Gasteiger partial charge < -0.3 is 20.6 Å². The molecule has 3 heterocycles. The minimum Gasteiger partial charge on any atom is -0.394 e. The number of hydrogen-bond donors (Lipinski definition) is 2. The quantitative estimate of drug-likeness (QED) is 0.751. The van der Waals surface area contributed by atoms with Crippen LogP contribution in [0.25, 0.3) is 0 Å². The van der Waals surface area contributed by atoms with Crippen molar-refractivity contribution in [3.05, 3.63) is 17.6 Å². The monoisotopic (exact) mass is 337 g/mol. The average molecular weight is 337 g/mol. The predicted molar refractivity (Wildman–Crippen MR) is 90.6 cm³/mol. The summed E-state index contributed by atoms with van der Waals surface area (Å²) >= 11 is 1.97. The number of carbonyl (C=O) groups is 1. The number of hydrogen-bond acceptors (Lipinski definition) is 7. The Labute approximate surface area is 140 Å². The summed E-state index contributed by atoms with van der Waals surface area (Å²) in [5, 5.41) is 9.09. The summed E-state index contributed by atoms with van der Waals surface area (Å²) in [5.41, 5.74) is 7.86. The number of fused-ring (bicyclic) bond motifs is 1. The van der Waals surface area contributed by atoms with Crippen LogP contribution in [0.5, 0.6) is 0 Å². The molecule has 0 spiro atoms. The number of nitrogens with two attached hydrogens (primary N) is 1. The van der Waals surface area contributed by atoms with Gasteiger partial charge in [-0.1, -0.05) is 0 Å². The molecule has 3 N–H and O–H groups in total. The molecule has 7 nitrogen and oxygen atoms in total. The number of amides is 1. The molecule has 2 aliphatic heterocycles. The van der Waals surface area contributed by atoms with Crippen molar-refractivity contribution in [1.82, 2.24) is 14.9 Å². The van der Waals surface area contributed by atoms with Crippen molar-refractivity contribution in [3.8, 4) is 0 Å². The highest BCUT2D eigenvalue weighted by molar-refractivity contribution is 7.99. The molecule has 23 heavy (non-hydrogen) atoms. The van der Waals surface area contributed by atoms with E-state index in [0.29, 0.717) is 19.5 Å². The molecule has 3 rings (SSSR count). The first-order valence-corrected chi connectivity index (χ1v) is 9.17. The summed E-state index contributed by atoms with van der Waals surface area (Å²) in [6, 6.07) is -0.833. The minimum absolute atomic E-state index is 0.191. The van der Waals surface area contributed by atoms with Gasteiger partial charge in [-0.3, -0.25) is 4.79 Å². The summed E-state index contributed by atoms with van der Waals surface area (Å²) < 4.78 is 0.